The van der Waals surface area contributed by atoms with Crippen LogP contribution in [0.15, 0.2) is 29.6 Å². The van der Waals surface area contributed by atoms with Crippen molar-refractivity contribution in [1.29, 1.82) is 0 Å². The van der Waals surface area contributed by atoms with Gasteiger partial charge in [0.1, 0.15) is 5.82 Å². The first-order valence-corrected chi connectivity index (χ1v) is 7.02. The Morgan fingerprint density at radius 3 is 2.95 bits per heavy atom. The van der Waals surface area contributed by atoms with Crippen LogP contribution in [0.4, 0.5) is 15.8 Å². The molecule has 0 aliphatic heterocycles. The fraction of sp³-hybridized carbons (Fsp3) is 0.214. The number of benzene rings is 1. The van der Waals surface area contributed by atoms with Gasteiger partial charge in [-0.15, -0.1) is 11.3 Å². The maximum Gasteiger partial charge on any atom is 0.340 e. The van der Waals surface area contributed by atoms with Crippen molar-refractivity contribution in [2.45, 2.75) is 13.5 Å². The summed E-state index contributed by atoms with van der Waals surface area (Å²) in [5.41, 5.74) is 6.12. The van der Waals surface area contributed by atoms with Crippen LogP contribution in [0.2, 0.25) is 0 Å². The van der Waals surface area contributed by atoms with Crippen LogP contribution in [-0.2, 0) is 11.3 Å². The molecule has 0 saturated carbocycles. The van der Waals surface area contributed by atoms with Crippen LogP contribution in [0, 0.1) is 5.82 Å². The minimum atomic E-state index is -0.552. The highest BCUT2D eigenvalue weighted by Gasteiger charge is 2.15. The molecule has 106 valence electrons. The van der Waals surface area contributed by atoms with E-state index in [9.17, 15) is 9.18 Å². The Hall–Kier alpha value is -2.08. The predicted molar refractivity (Wildman–Crippen MR) is 78.4 cm³/mol. The van der Waals surface area contributed by atoms with Gasteiger partial charge in [0.25, 0.3) is 0 Å². The highest BCUT2D eigenvalue weighted by atomic mass is 32.1. The van der Waals surface area contributed by atoms with Gasteiger partial charge in [0, 0.05) is 17.1 Å². The maximum atomic E-state index is 13.8. The number of thiophene rings is 1. The number of esters is 1. The van der Waals surface area contributed by atoms with Gasteiger partial charge < -0.3 is 15.8 Å². The number of halogens is 1. The summed E-state index contributed by atoms with van der Waals surface area (Å²) in [6.07, 6.45) is 0. The lowest BCUT2D eigenvalue weighted by Crippen LogP contribution is -2.10. The van der Waals surface area contributed by atoms with E-state index in [1.54, 1.807) is 18.3 Å². The van der Waals surface area contributed by atoms with Crippen molar-refractivity contribution in [3.63, 3.8) is 0 Å². The molecule has 0 aliphatic carbocycles. The quantitative estimate of drug-likeness (QED) is 0.656. The molecule has 20 heavy (non-hydrogen) atoms. The van der Waals surface area contributed by atoms with Gasteiger partial charge in [-0.05, 0) is 30.5 Å². The Balaban J connectivity index is 2.19. The Morgan fingerprint density at radius 1 is 1.50 bits per heavy atom. The molecule has 0 aliphatic rings. The van der Waals surface area contributed by atoms with Crippen molar-refractivity contribution in [3.05, 3.63) is 45.9 Å². The third-order valence-electron chi connectivity index (χ3n) is 2.67. The number of hydrogen-bond acceptors (Lipinski definition) is 5. The highest BCUT2D eigenvalue weighted by Crippen LogP contribution is 2.24. The maximum absolute atomic E-state index is 13.8. The number of anilines is 2. The van der Waals surface area contributed by atoms with Gasteiger partial charge in [-0.3, -0.25) is 0 Å². The summed E-state index contributed by atoms with van der Waals surface area (Å²) < 4.78 is 18.7. The second kappa shape index (κ2) is 6.38. The monoisotopic (exact) mass is 294 g/mol. The van der Waals surface area contributed by atoms with Crippen molar-refractivity contribution in [3.8, 4) is 0 Å². The van der Waals surface area contributed by atoms with E-state index >= 15 is 0 Å². The van der Waals surface area contributed by atoms with Crippen molar-refractivity contribution < 1.29 is 13.9 Å². The van der Waals surface area contributed by atoms with Crippen molar-refractivity contribution in [1.82, 2.24) is 0 Å². The third-order valence-corrected chi connectivity index (χ3v) is 3.54. The number of hydrogen-bond donors (Lipinski definition) is 2. The molecule has 0 bridgehead atoms. The zero-order chi connectivity index (χ0) is 14.5. The molecule has 0 amide bonds. The summed E-state index contributed by atoms with van der Waals surface area (Å²) in [5.74, 6) is -1.05. The van der Waals surface area contributed by atoms with E-state index in [0.29, 0.717) is 6.54 Å². The number of nitrogen functional groups attached to an aromatic ring is 1. The summed E-state index contributed by atoms with van der Waals surface area (Å²) in [6.45, 7) is 2.43. The van der Waals surface area contributed by atoms with Crippen LogP contribution in [0.5, 0.6) is 0 Å². The van der Waals surface area contributed by atoms with E-state index in [1.807, 2.05) is 17.5 Å². The van der Waals surface area contributed by atoms with Gasteiger partial charge in [-0.25, -0.2) is 9.18 Å². The van der Waals surface area contributed by atoms with Crippen LogP contribution >= 0.6 is 11.3 Å². The van der Waals surface area contributed by atoms with Gasteiger partial charge in [-0.2, -0.15) is 0 Å². The summed E-state index contributed by atoms with van der Waals surface area (Å²) in [6, 6.07) is 6.38. The predicted octanol–water partition coefficient (Wildman–Crippen LogP) is 3.26. The number of nitrogens with two attached hydrogens (primary N) is 1. The zero-order valence-corrected chi connectivity index (χ0v) is 11.8. The molecular formula is C14H15FN2O2S. The van der Waals surface area contributed by atoms with Crippen molar-refractivity contribution in [2.75, 3.05) is 17.7 Å². The van der Waals surface area contributed by atoms with E-state index in [0.717, 1.165) is 10.9 Å². The fourth-order valence-electron chi connectivity index (χ4n) is 1.71. The molecule has 3 N–H and O–H groups in total. The van der Waals surface area contributed by atoms with E-state index in [4.69, 9.17) is 10.5 Å². The van der Waals surface area contributed by atoms with Gasteiger partial charge in [0.15, 0.2) is 0 Å². The Bertz CT molecular complexity index is 599. The first-order chi connectivity index (χ1) is 9.61. The smallest absolute Gasteiger partial charge is 0.340 e. The van der Waals surface area contributed by atoms with Crippen molar-refractivity contribution >= 4 is 28.7 Å². The molecule has 0 fully saturated rings. The standard InChI is InChI=1S/C14H15FN2O2S/c1-2-19-14(18)10-6-13(11(15)7-12(10)16)17-8-9-4-3-5-20-9/h3-7,17H,2,8,16H2,1H3. The lowest BCUT2D eigenvalue weighted by atomic mass is 10.1. The van der Waals surface area contributed by atoms with Crippen LogP contribution in [0.1, 0.15) is 22.2 Å². The zero-order valence-electron chi connectivity index (χ0n) is 11.0. The lowest BCUT2D eigenvalue weighted by Gasteiger charge is -2.11. The summed E-state index contributed by atoms with van der Waals surface area (Å²) >= 11 is 1.57. The molecule has 2 rings (SSSR count). The molecule has 4 nitrogen and oxygen atoms in total. The first-order valence-electron chi connectivity index (χ1n) is 6.14. The van der Waals surface area contributed by atoms with Crippen LogP contribution < -0.4 is 11.1 Å². The molecule has 0 radical (unpaired) electrons. The molecule has 1 aromatic carbocycles. The first kappa shape index (κ1) is 14.3. The molecule has 2 aromatic rings. The third kappa shape index (κ3) is 3.27. The summed E-state index contributed by atoms with van der Waals surface area (Å²) in [5, 5.41) is 4.90. The lowest BCUT2D eigenvalue weighted by molar-refractivity contribution is 0.0527. The van der Waals surface area contributed by atoms with Crippen LogP contribution in [-0.4, -0.2) is 12.6 Å². The molecule has 1 heterocycles. The van der Waals surface area contributed by atoms with E-state index < -0.39 is 11.8 Å². The topological polar surface area (TPSA) is 64.3 Å². The fourth-order valence-corrected chi connectivity index (χ4v) is 2.35. The molecule has 1 aromatic heterocycles. The molecule has 0 unspecified atom stereocenters. The number of ether oxygens (including phenoxy) is 1. The van der Waals surface area contributed by atoms with E-state index in [2.05, 4.69) is 5.32 Å². The summed E-state index contributed by atoms with van der Waals surface area (Å²) in [4.78, 5) is 12.8. The largest absolute Gasteiger partial charge is 0.462 e. The minimum absolute atomic E-state index is 0.0719. The number of rotatable bonds is 5. The van der Waals surface area contributed by atoms with Gasteiger partial charge in [-0.1, -0.05) is 6.07 Å². The molecule has 6 heteroatoms. The Morgan fingerprint density at radius 2 is 2.30 bits per heavy atom. The normalized spacial score (nSPS) is 10.3. The number of carbonyl (C=O) groups excluding carboxylic acids is 1. The molecule has 0 spiro atoms. The average molecular weight is 294 g/mol. The molecule has 0 atom stereocenters. The van der Waals surface area contributed by atoms with Crippen LogP contribution in [0.25, 0.3) is 0 Å². The van der Waals surface area contributed by atoms with Crippen LogP contribution in [0.3, 0.4) is 0 Å². The minimum Gasteiger partial charge on any atom is -0.462 e. The van der Waals surface area contributed by atoms with Gasteiger partial charge >= 0.3 is 5.97 Å². The van der Waals surface area contributed by atoms with E-state index in [-0.39, 0.29) is 23.5 Å². The highest BCUT2D eigenvalue weighted by molar-refractivity contribution is 7.09. The van der Waals surface area contributed by atoms with E-state index in [1.165, 1.54) is 6.07 Å². The molecular weight excluding hydrogens is 279 g/mol. The van der Waals surface area contributed by atoms with Crippen molar-refractivity contribution in [2.24, 2.45) is 0 Å². The van der Waals surface area contributed by atoms with Gasteiger partial charge in [0.05, 0.1) is 17.9 Å². The number of nitrogens with one attached hydrogen (secondary N) is 1. The second-order valence-corrected chi connectivity index (χ2v) is 5.10. The Kier molecular flexibility index (Phi) is 4.57. The molecule has 0 saturated heterocycles. The SMILES string of the molecule is CCOC(=O)c1cc(NCc2cccs2)c(F)cc1N. The number of carbonyl (C=O) groups is 1. The average Bonchev–Trinajstić information content (AvgIpc) is 2.91. The summed E-state index contributed by atoms with van der Waals surface area (Å²) in [7, 11) is 0. The second-order valence-electron chi connectivity index (χ2n) is 4.07. The van der Waals surface area contributed by atoms with Gasteiger partial charge in [0.2, 0.25) is 0 Å². The Labute approximate surface area is 120 Å².